The maximum Gasteiger partial charge on any atom is 0.340 e. The van der Waals surface area contributed by atoms with Crippen molar-refractivity contribution in [1.82, 2.24) is 4.72 Å². The molecular weight excluding hydrogens is 436 g/mol. The summed E-state index contributed by atoms with van der Waals surface area (Å²) < 4.78 is 54.1. The molecule has 0 aliphatic rings. The molecule has 1 N–H and O–H groups in total. The van der Waals surface area contributed by atoms with Gasteiger partial charge in [0, 0.05) is 11.6 Å². The lowest BCUT2D eigenvalue weighted by Gasteiger charge is -2.24. The summed E-state index contributed by atoms with van der Waals surface area (Å²) in [7, 11) is -0.302. The minimum atomic E-state index is -1.42. The van der Waals surface area contributed by atoms with E-state index in [4.69, 9.17) is 16.3 Å². The predicted molar refractivity (Wildman–Crippen MR) is 113 cm³/mol. The number of benzene rings is 2. The molecule has 0 bridgehead atoms. The molecule has 0 fully saturated rings. The Hall–Kier alpha value is -2.03. The summed E-state index contributed by atoms with van der Waals surface area (Å²) >= 11 is 6.13. The third-order valence-corrected chi connectivity index (χ3v) is 6.14. The first-order chi connectivity index (χ1) is 14.0. The molecule has 0 heterocycles. The van der Waals surface area contributed by atoms with Crippen LogP contribution in [0.4, 0.5) is 8.78 Å². The molecule has 0 spiro atoms. The van der Waals surface area contributed by atoms with Crippen molar-refractivity contribution < 1.29 is 27.3 Å². The molecule has 9 heteroatoms. The number of esters is 1. The zero-order chi connectivity index (χ0) is 22.6. The van der Waals surface area contributed by atoms with Gasteiger partial charge < -0.3 is 9.47 Å². The lowest BCUT2D eigenvalue weighted by molar-refractivity contribution is 0.0595. The van der Waals surface area contributed by atoms with Crippen molar-refractivity contribution >= 4 is 28.6 Å². The number of halogens is 3. The third-order valence-electron chi connectivity index (χ3n) is 4.23. The van der Waals surface area contributed by atoms with Gasteiger partial charge >= 0.3 is 5.97 Å². The lowest BCUT2D eigenvalue weighted by Crippen LogP contribution is -2.35. The molecule has 0 unspecified atom stereocenters. The van der Waals surface area contributed by atoms with Crippen molar-refractivity contribution in [3.8, 4) is 11.5 Å². The van der Waals surface area contributed by atoms with Crippen LogP contribution in [0.2, 0.25) is 5.02 Å². The topological polar surface area (TPSA) is 64.6 Å². The van der Waals surface area contributed by atoms with Crippen molar-refractivity contribution in [1.29, 1.82) is 0 Å². The molecule has 2 atom stereocenters. The molecule has 0 aliphatic heterocycles. The van der Waals surface area contributed by atoms with E-state index in [9.17, 15) is 13.4 Å². The van der Waals surface area contributed by atoms with Gasteiger partial charge in [-0.3, -0.25) is 0 Å². The maximum atomic E-state index is 15.3. The summed E-state index contributed by atoms with van der Waals surface area (Å²) in [5.41, 5.74) is -0.124. The van der Waals surface area contributed by atoms with Gasteiger partial charge in [-0.05, 0) is 51.5 Å². The number of nitrogens with one attached hydrogen (secondary N) is 1. The molecule has 164 valence electrons. The van der Waals surface area contributed by atoms with Crippen LogP contribution in [0.25, 0.3) is 0 Å². The summed E-state index contributed by atoms with van der Waals surface area (Å²) in [6.07, 6.45) is 0.461. The second kappa shape index (κ2) is 9.85. The van der Waals surface area contributed by atoms with Gasteiger partial charge in [0.1, 0.15) is 11.6 Å². The van der Waals surface area contributed by atoms with Crippen molar-refractivity contribution in [3.63, 3.8) is 0 Å². The molecular formula is C21H24ClF2NO4S. The number of hydrogen-bond acceptors (Lipinski definition) is 4. The Balaban J connectivity index is 2.41. The fourth-order valence-corrected chi connectivity index (χ4v) is 3.63. The van der Waals surface area contributed by atoms with Crippen LogP contribution in [0.15, 0.2) is 30.3 Å². The second-order valence-corrected chi connectivity index (χ2v) is 9.88. The molecule has 0 amide bonds. The first-order valence-electron chi connectivity index (χ1n) is 9.21. The fourth-order valence-electron chi connectivity index (χ4n) is 2.54. The Morgan fingerprint density at radius 3 is 2.47 bits per heavy atom. The first kappa shape index (κ1) is 24.2. The molecule has 2 aromatic rings. The Kier molecular flexibility index (Phi) is 7.96. The van der Waals surface area contributed by atoms with E-state index >= 15 is 4.39 Å². The highest BCUT2D eigenvalue weighted by atomic mass is 35.5. The Bertz CT molecular complexity index is 963. The Labute approximate surface area is 182 Å². The average molecular weight is 460 g/mol. The SMILES string of the molecule is CC[C@@H](N[S@](=O)C(C)(C)C)c1ccc(Cl)c(Oc2ccc(F)c(C(=O)OC)c2)c1F. The molecule has 0 radical (unpaired) electrons. The van der Waals surface area contributed by atoms with E-state index in [1.165, 1.54) is 18.2 Å². The average Bonchev–Trinajstić information content (AvgIpc) is 2.69. The van der Waals surface area contributed by atoms with E-state index in [1.54, 1.807) is 0 Å². The van der Waals surface area contributed by atoms with Crippen LogP contribution in [0.5, 0.6) is 11.5 Å². The number of ether oxygens (including phenoxy) is 2. The lowest BCUT2D eigenvalue weighted by atomic mass is 10.0. The van der Waals surface area contributed by atoms with Gasteiger partial charge in [0.25, 0.3) is 0 Å². The van der Waals surface area contributed by atoms with Crippen molar-refractivity contribution in [2.75, 3.05) is 7.11 Å². The zero-order valence-corrected chi connectivity index (χ0v) is 18.9. The van der Waals surface area contributed by atoms with Crippen LogP contribution in [-0.4, -0.2) is 22.0 Å². The number of rotatable bonds is 7. The van der Waals surface area contributed by atoms with Crippen LogP contribution in [0.1, 0.15) is 56.1 Å². The molecule has 0 saturated carbocycles. The number of methoxy groups -OCH3 is 1. The van der Waals surface area contributed by atoms with Gasteiger partial charge in [0.15, 0.2) is 11.6 Å². The van der Waals surface area contributed by atoms with E-state index < -0.39 is 39.4 Å². The van der Waals surface area contributed by atoms with E-state index in [-0.39, 0.29) is 27.6 Å². The number of hydrogen-bond donors (Lipinski definition) is 1. The highest BCUT2D eigenvalue weighted by Crippen LogP contribution is 2.37. The van der Waals surface area contributed by atoms with E-state index in [2.05, 4.69) is 9.46 Å². The van der Waals surface area contributed by atoms with Crippen LogP contribution >= 0.6 is 11.6 Å². The van der Waals surface area contributed by atoms with Gasteiger partial charge in [-0.1, -0.05) is 24.6 Å². The predicted octanol–water partition coefficient (Wildman–Crippen LogP) is 5.70. The quantitative estimate of drug-likeness (QED) is 0.539. The molecule has 0 saturated heterocycles. The first-order valence-corrected chi connectivity index (χ1v) is 10.7. The van der Waals surface area contributed by atoms with E-state index in [0.29, 0.717) is 6.42 Å². The minimum absolute atomic E-state index is 0.00742. The van der Waals surface area contributed by atoms with Gasteiger partial charge in [-0.15, -0.1) is 0 Å². The molecule has 0 aliphatic carbocycles. The second-order valence-electron chi connectivity index (χ2n) is 7.47. The molecule has 0 aromatic heterocycles. The van der Waals surface area contributed by atoms with Crippen LogP contribution in [0, 0.1) is 11.6 Å². The van der Waals surface area contributed by atoms with Crippen molar-refractivity contribution in [2.24, 2.45) is 0 Å². The normalized spacial score (nSPS) is 13.6. The third kappa shape index (κ3) is 5.56. The van der Waals surface area contributed by atoms with Gasteiger partial charge in [0.05, 0.1) is 33.4 Å². The monoisotopic (exact) mass is 459 g/mol. The highest BCUT2D eigenvalue weighted by Gasteiger charge is 2.26. The molecule has 2 aromatic carbocycles. The summed E-state index contributed by atoms with van der Waals surface area (Å²) in [6, 6.07) is 5.77. The largest absolute Gasteiger partial charge is 0.465 e. The molecule has 2 rings (SSSR count). The van der Waals surface area contributed by atoms with E-state index in [1.807, 2.05) is 27.7 Å². The molecule has 5 nitrogen and oxygen atoms in total. The minimum Gasteiger partial charge on any atom is -0.465 e. The number of carbonyl (C=O) groups excluding carboxylic acids is 1. The maximum absolute atomic E-state index is 15.3. The molecule has 30 heavy (non-hydrogen) atoms. The standard InChI is InChI=1S/C21H24ClF2NO4S/c1-6-17(25-30(27)21(2,3)4)13-8-9-15(22)19(18(13)24)29-12-7-10-16(23)14(11-12)20(26)28-5/h7-11,17,25H,6H2,1-5H3/t17-,30-/m1/s1. The van der Waals surface area contributed by atoms with Crippen LogP contribution < -0.4 is 9.46 Å². The Morgan fingerprint density at radius 2 is 1.90 bits per heavy atom. The van der Waals surface area contributed by atoms with Crippen molar-refractivity contribution in [3.05, 3.63) is 58.1 Å². The fraction of sp³-hybridized carbons (Fsp3) is 0.381. The summed E-state index contributed by atoms with van der Waals surface area (Å²) in [5.74, 6) is -2.70. The van der Waals surface area contributed by atoms with E-state index in [0.717, 1.165) is 19.2 Å². The highest BCUT2D eigenvalue weighted by molar-refractivity contribution is 7.84. The van der Waals surface area contributed by atoms with Gasteiger partial charge in [0.2, 0.25) is 0 Å². The van der Waals surface area contributed by atoms with Crippen LogP contribution in [0.3, 0.4) is 0 Å². The van der Waals surface area contributed by atoms with Gasteiger partial charge in [-0.25, -0.2) is 22.5 Å². The van der Waals surface area contributed by atoms with Crippen LogP contribution in [-0.2, 0) is 15.7 Å². The smallest absolute Gasteiger partial charge is 0.340 e. The summed E-state index contributed by atoms with van der Waals surface area (Å²) in [4.78, 5) is 11.7. The zero-order valence-electron chi connectivity index (χ0n) is 17.3. The summed E-state index contributed by atoms with van der Waals surface area (Å²) in [6.45, 7) is 7.25. The summed E-state index contributed by atoms with van der Waals surface area (Å²) in [5, 5.41) is -0.00742. The van der Waals surface area contributed by atoms with Crippen molar-refractivity contribution in [2.45, 2.75) is 44.9 Å². The number of carbonyl (C=O) groups is 1. The Morgan fingerprint density at radius 1 is 1.23 bits per heavy atom. The van der Waals surface area contributed by atoms with Gasteiger partial charge in [-0.2, -0.15) is 0 Å².